The molecule has 0 unspecified atom stereocenters. The van der Waals surface area contributed by atoms with Gasteiger partial charge in [-0.3, -0.25) is 0 Å². The summed E-state index contributed by atoms with van der Waals surface area (Å²) in [7, 11) is 1.49. The Labute approximate surface area is 122 Å². The largest absolute Gasteiger partial charge is 0.495 e. The van der Waals surface area contributed by atoms with Crippen LogP contribution in [0.4, 0.5) is 0 Å². The quantitative estimate of drug-likeness (QED) is 0.780. The molecule has 0 amide bonds. The molecule has 0 heterocycles. The zero-order chi connectivity index (χ0) is 14.8. The maximum absolute atomic E-state index is 11.3. The lowest BCUT2D eigenvalue weighted by atomic mass is 9.98. The van der Waals surface area contributed by atoms with E-state index in [9.17, 15) is 9.90 Å². The molecule has 0 saturated heterocycles. The van der Waals surface area contributed by atoms with E-state index in [0.29, 0.717) is 5.75 Å². The van der Waals surface area contributed by atoms with Crippen molar-refractivity contribution in [2.75, 3.05) is 7.11 Å². The number of methoxy groups -OCH3 is 1. The molecule has 0 spiro atoms. The molecular weight excluding hydrogens is 264 g/mol. The fraction of sp³-hybridized carbons (Fsp3) is 0.0556. The number of fused-ring (bicyclic) bond motifs is 1. The zero-order valence-corrected chi connectivity index (χ0v) is 11.5. The summed E-state index contributed by atoms with van der Waals surface area (Å²) in [6, 6.07) is 19.3. The van der Waals surface area contributed by atoms with Crippen LogP contribution < -0.4 is 4.74 Å². The van der Waals surface area contributed by atoms with Crippen molar-refractivity contribution in [1.29, 1.82) is 0 Å². The van der Waals surface area contributed by atoms with Crippen molar-refractivity contribution in [2.45, 2.75) is 0 Å². The minimum absolute atomic E-state index is 0.170. The van der Waals surface area contributed by atoms with Crippen LogP contribution in [0, 0.1) is 0 Å². The van der Waals surface area contributed by atoms with Crippen molar-refractivity contribution in [1.82, 2.24) is 0 Å². The van der Waals surface area contributed by atoms with Crippen LogP contribution in [0.2, 0.25) is 0 Å². The Morgan fingerprint density at radius 1 is 0.952 bits per heavy atom. The van der Waals surface area contributed by atoms with E-state index in [0.717, 1.165) is 21.9 Å². The van der Waals surface area contributed by atoms with Gasteiger partial charge in [0.1, 0.15) is 11.3 Å². The summed E-state index contributed by atoms with van der Waals surface area (Å²) < 4.78 is 5.32. The third kappa shape index (κ3) is 2.34. The predicted octanol–water partition coefficient (Wildman–Crippen LogP) is 4.21. The first-order valence-corrected chi connectivity index (χ1v) is 6.60. The Hall–Kier alpha value is -2.81. The molecule has 3 rings (SSSR count). The first-order chi connectivity index (χ1) is 10.2. The van der Waals surface area contributed by atoms with E-state index in [-0.39, 0.29) is 5.56 Å². The monoisotopic (exact) mass is 278 g/mol. The lowest BCUT2D eigenvalue weighted by Crippen LogP contribution is -2.01. The van der Waals surface area contributed by atoms with Crippen molar-refractivity contribution in [3.63, 3.8) is 0 Å². The summed E-state index contributed by atoms with van der Waals surface area (Å²) in [5.74, 6) is -0.602. The average molecular weight is 278 g/mol. The minimum atomic E-state index is -0.991. The van der Waals surface area contributed by atoms with Gasteiger partial charge < -0.3 is 9.84 Å². The lowest BCUT2D eigenvalue weighted by Gasteiger charge is -2.12. The summed E-state index contributed by atoms with van der Waals surface area (Å²) in [6.45, 7) is 0. The average Bonchev–Trinajstić information content (AvgIpc) is 2.53. The first-order valence-electron chi connectivity index (χ1n) is 6.60. The van der Waals surface area contributed by atoms with E-state index in [1.807, 2.05) is 48.5 Å². The molecule has 3 heteroatoms. The normalized spacial score (nSPS) is 10.5. The van der Waals surface area contributed by atoms with Crippen LogP contribution in [-0.2, 0) is 0 Å². The van der Waals surface area contributed by atoms with Gasteiger partial charge in [0.05, 0.1) is 7.11 Å². The molecule has 0 aliphatic carbocycles. The van der Waals surface area contributed by atoms with Crippen molar-refractivity contribution >= 4 is 16.7 Å². The van der Waals surface area contributed by atoms with E-state index in [1.165, 1.54) is 7.11 Å². The molecule has 3 nitrogen and oxygen atoms in total. The van der Waals surface area contributed by atoms with Gasteiger partial charge in [-0.1, -0.05) is 48.5 Å². The molecule has 3 aromatic rings. The van der Waals surface area contributed by atoms with Crippen molar-refractivity contribution in [3.8, 4) is 16.9 Å². The second-order valence-corrected chi connectivity index (χ2v) is 4.75. The third-order valence-corrected chi connectivity index (χ3v) is 3.51. The number of ether oxygens (including phenoxy) is 1. The highest BCUT2D eigenvalue weighted by Crippen LogP contribution is 2.34. The molecule has 3 aromatic carbocycles. The molecule has 0 fully saturated rings. The molecule has 104 valence electrons. The number of hydrogen-bond donors (Lipinski definition) is 1. The van der Waals surface area contributed by atoms with Gasteiger partial charge in [-0.25, -0.2) is 4.79 Å². The molecule has 21 heavy (non-hydrogen) atoms. The van der Waals surface area contributed by atoms with Crippen LogP contribution in [0.15, 0.2) is 60.7 Å². The maximum Gasteiger partial charge on any atom is 0.339 e. The molecule has 1 N–H and O–H groups in total. The van der Waals surface area contributed by atoms with Crippen LogP contribution in [0.5, 0.6) is 5.75 Å². The smallest absolute Gasteiger partial charge is 0.339 e. The third-order valence-electron chi connectivity index (χ3n) is 3.51. The molecule has 0 atom stereocenters. The topological polar surface area (TPSA) is 46.5 Å². The Morgan fingerprint density at radius 3 is 2.43 bits per heavy atom. The van der Waals surface area contributed by atoms with E-state index in [1.54, 1.807) is 12.1 Å². The fourth-order valence-electron chi connectivity index (χ4n) is 2.51. The molecule has 0 aliphatic rings. The van der Waals surface area contributed by atoms with E-state index >= 15 is 0 Å². The van der Waals surface area contributed by atoms with Gasteiger partial charge >= 0.3 is 5.97 Å². The van der Waals surface area contributed by atoms with Gasteiger partial charge in [-0.15, -0.1) is 0 Å². The van der Waals surface area contributed by atoms with Gasteiger partial charge in [0.2, 0.25) is 0 Å². The molecular formula is C18H14O3. The van der Waals surface area contributed by atoms with Crippen LogP contribution >= 0.6 is 0 Å². The van der Waals surface area contributed by atoms with Gasteiger partial charge in [-0.2, -0.15) is 0 Å². The number of benzene rings is 3. The number of aromatic carboxylic acids is 1. The van der Waals surface area contributed by atoms with E-state index in [4.69, 9.17) is 4.74 Å². The summed E-state index contributed by atoms with van der Waals surface area (Å²) in [4.78, 5) is 11.3. The standard InChI is InChI=1S/C18H14O3/c1-21-17-15(7-4-8-16(17)18(19)20)14-10-9-12-5-2-3-6-13(12)11-14/h2-11H,1H3,(H,19,20). The number of para-hydroxylation sites is 1. The summed E-state index contributed by atoms with van der Waals surface area (Å²) in [5, 5.41) is 11.5. The summed E-state index contributed by atoms with van der Waals surface area (Å²) in [6.07, 6.45) is 0. The van der Waals surface area contributed by atoms with E-state index < -0.39 is 5.97 Å². The first kappa shape index (κ1) is 13.2. The summed E-state index contributed by atoms with van der Waals surface area (Å²) >= 11 is 0. The maximum atomic E-state index is 11.3. The summed E-state index contributed by atoms with van der Waals surface area (Å²) in [5.41, 5.74) is 1.89. The second kappa shape index (κ2) is 5.29. The highest BCUT2D eigenvalue weighted by atomic mass is 16.5. The highest BCUT2D eigenvalue weighted by molar-refractivity contribution is 5.95. The van der Waals surface area contributed by atoms with Gasteiger partial charge in [-0.05, 0) is 28.5 Å². The Kier molecular flexibility index (Phi) is 3.32. The van der Waals surface area contributed by atoms with E-state index in [2.05, 4.69) is 0 Å². The lowest BCUT2D eigenvalue weighted by molar-refractivity contribution is 0.0693. The number of carboxylic acids is 1. The minimum Gasteiger partial charge on any atom is -0.495 e. The number of hydrogen-bond acceptors (Lipinski definition) is 2. The SMILES string of the molecule is COc1c(C(=O)O)cccc1-c1ccc2ccccc2c1. The van der Waals surface area contributed by atoms with Gasteiger partial charge in [0, 0.05) is 5.56 Å². The predicted molar refractivity (Wildman–Crippen MR) is 82.9 cm³/mol. The van der Waals surface area contributed by atoms with Crippen molar-refractivity contribution in [2.24, 2.45) is 0 Å². The highest BCUT2D eigenvalue weighted by Gasteiger charge is 2.15. The van der Waals surface area contributed by atoms with Crippen molar-refractivity contribution < 1.29 is 14.6 Å². The van der Waals surface area contributed by atoms with Crippen LogP contribution in [0.1, 0.15) is 10.4 Å². The van der Waals surface area contributed by atoms with Gasteiger partial charge in [0.15, 0.2) is 0 Å². The Morgan fingerprint density at radius 2 is 1.71 bits per heavy atom. The number of rotatable bonds is 3. The van der Waals surface area contributed by atoms with Crippen LogP contribution in [0.25, 0.3) is 21.9 Å². The van der Waals surface area contributed by atoms with Crippen molar-refractivity contribution in [3.05, 3.63) is 66.2 Å². The Balaban J connectivity index is 2.22. The Bertz CT molecular complexity index is 822. The molecule has 0 radical (unpaired) electrons. The van der Waals surface area contributed by atoms with Crippen LogP contribution in [-0.4, -0.2) is 18.2 Å². The molecule has 0 aromatic heterocycles. The molecule has 0 saturated carbocycles. The fourth-order valence-corrected chi connectivity index (χ4v) is 2.51. The number of carbonyl (C=O) groups is 1. The number of carboxylic acid groups (broad SMARTS) is 1. The molecule has 0 aliphatic heterocycles. The van der Waals surface area contributed by atoms with Gasteiger partial charge in [0.25, 0.3) is 0 Å². The zero-order valence-electron chi connectivity index (χ0n) is 11.5. The van der Waals surface area contributed by atoms with Crippen LogP contribution in [0.3, 0.4) is 0 Å². The second-order valence-electron chi connectivity index (χ2n) is 4.75. The molecule has 0 bridgehead atoms.